The molecule has 0 radical (unpaired) electrons. The summed E-state index contributed by atoms with van der Waals surface area (Å²) >= 11 is 0. The third-order valence-electron chi connectivity index (χ3n) is 2.80. The summed E-state index contributed by atoms with van der Waals surface area (Å²) < 4.78 is 0. The lowest BCUT2D eigenvalue weighted by Gasteiger charge is -2.03. The van der Waals surface area contributed by atoms with Crippen molar-refractivity contribution in [2.24, 2.45) is 0 Å². The molecule has 3 rings (SSSR count). The average molecular weight is 242 g/mol. The number of aliphatic carboxylic acids is 1. The number of hydrogen-bond acceptors (Lipinski definition) is 3. The van der Waals surface area contributed by atoms with Gasteiger partial charge in [-0.25, -0.2) is 0 Å². The fraction of sp³-hybridized carbons (Fsp3) is 0.0714. The molecule has 1 aliphatic rings. The van der Waals surface area contributed by atoms with Gasteiger partial charge in [-0.15, -0.1) is 0 Å². The Bertz CT molecular complexity index is 602. The summed E-state index contributed by atoms with van der Waals surface area (Å²) in [4.78, 5) is 20.6. The molecule has 4 heteroatoms. The van der Waals surface area contributed by atoms with Crippen LogP contribution in [-0.2, 0) is 11.2 Å². The molecule has 0 aromatic heterocycles. The maximum absolute atomic E-state index is 10.6. The van der Waals surface area contributed by atoms with Gasteiger partial charge in [0.1, 0.15) is 0 Å². The molecule has 0 atom stereocenters. The van der Waals surface area contributed by atoms with Crippen LogP contribution in [0.4, 0.5) is 0 Å². The van der Waals surface area contributed by atoms with Crippen LogP contribution in [-0.4, -0.2) is 11.1 Å². The van der Waals surface area contributed by atoms with E-state index in [-0.39, 0.29) is 6.42 Å². The lowest BCUT2D eigenvalue weighted by Crippen LogP contribution is -1.99. The van der Waals surface area contributed by atoms with E-state index in [1.165, 1.54) is 0 Å². The molecule has 18 heavy (non-hydrogen) atoms. The van der Waals surface area contributed by atoms with Crippen molar-refractivity contribution in [3.8, 4) is 22.6 Å². The number of carbonyl (C=O) groups is 1. The molecular formula is C14H10O4. The summed E-state index contributed by atoms with van der Waals surface area (Å²) in [5, 5.41) is 8.71. The molecule has 0 amide bonds. The molecule has 0 spiro atoms. The maximum Gasteiger partial charge on any atom is 0.307 e. The first-order valence-electron chi connectivity index (χ1n) is 5.52. The highest BCUT2D eigenvalue weighted by molar-refractivity contribution is 5.74. The molecule has 0 fully saturated rings. The van der Waals surface area contributed by atoms with Crippen molar-refractivity contribution < 1.29 is 19.7 Å². The van der Waals surface area contributed by atoms with Crippen LogP contribution in [0.5, 0.6) is 11.5 Å². The number of carboxylic acid groups (broad SMARTS) is 1. The van der Waals surface area contributed by atoms with Crippen LogP contribution in [0.3, 0.4) is 0 Å². The Labute approximate surface area is 103 Å². The number of carboxylic acids is 1. The molecule has 1 N–H and O–H groups in total. The van der Waals surface area contributed by atoms with Gasteiger partial charge in [0, 0.05) is 11.6 Å². The summed E-state index contributed by atoms with van der Waals surface area (Å²) in [6, 6.07) is 12.9. The summed E-state index contributed by atoms with van der Waals surface area (Å²) in [5.74, 6) is 0.539. The van der Waals surface area contributed by atoms with Crippen LogP contribution in [0.15, 0.2) is 42.5 Å². The topological polar surface area (TPSA) is 55.8 Å². The highest BCUT2D eigenvalue weighted by Crippen LogP contribution is 2.37. The Balaban J connectivity index is 1.92. The van der Waals surface area contributed by atoms with Crippen molar-refractivity contribution in [1.29, 1.82) is 0 Å². The van der Waals surface area contributed by atoms with Crippen LogP contribution < -0.4 is 9.78 Å². The Kier molecular flexibility index (Phi) is 2.41. The van der Waals surface area contributed by atoms with Crippen LogP contribution in [0.1, 0.15) is 5.56 Å². The van der Waals surface area contributed by atoms with Crippen molar-refractivity contribution >= 4 is 5.97 Å². The normalized spacial score (nSPS) is 11.8. The molecule has 2 bridgehead atoms. The van der Waals surface area contributed by atoms with Crippen molar-refractivity contribution in [3.05, 3.63) is 48.0 Å². The molecule has 1 heterocycles. The van der Waals surface area contributed by atoms with E-state index < -0.39 is 5.97 Å². The molecule has 2 aromatic carbocycles. The van der Waals surface area contributed by atoms with Gasteiger partial charge < -0.3 is 5.11 Å². The molecule has 90 valence electrons. The van der Waals surface area contributed by atoms with E-state index in [1.54, 1.807) is 12.1 Å². The summed E-state index contributed by atoms with van der Waals surface area (Å²) in [7, 11) is 0. The zero-order valence-corrected chi connectivity index (χ0v) is 9.42. The second kappa shape index (κ2) is 4.07. The number of hydrogen-bond donors (Lipinski definition) is 1. The molecular weight excluding hydrogens is 232 g/mol. The summed E-state index contributed by atoms with van der Waals surface area (Å²) in [6.07, 6.45) is 0.0334. The van der Waals surface area contributed by atoms with Gasteiger partial charge in [-0.3, -0.25) is 14.6 Å². The molecule has 4 nitrogen and oxygen atoms in total. The molecule has 0 saturated carbocycles. The van der Waals surface area contributed by atoms with E-state index in [0.717, 1.165) is 16.7 Å². The largest absolute Gasteiger partial charge is 0.481 e. The maximum atomic E-state index is 10.6. The smallest absolute Gasteiger partial charge is 0.307 e. The molecule has 1 aliphatic heterocycles. The Hall–Kier alpha value is -2.49. The minimum atomic E-state index is -0.831. The van der Waals surface area contributed by atoms with E-state index >= 15 is 0 Å². The summed E-state index contributed by atoms with van der Waals surface area (Å²) in [5.41, 5.74) is 2.67. The Morgan fingerprint density at radius 1 is 1.06 bits per heavy atom. The first kappa shape index (κ1) is 10.7. The predicted molar refractivity (Wildman–Crippen MR) is 64.5 cm³/mol. The van der Waals surface area contributed by atoms with Crippen molar-refractivity contribution in [1.82, 2.24) is 0 Å². The third-order valence-corrected chi connectivity index (χ3v) is 2.80. The van der Waals surface area contributed by atoms with E-state index in [1.807, 2.05) is 30.3 Å². The minimum absolute atomic E-state index is 0.0334. The van der Waals surface area contributed by atoms with Crippen molar-refractivity contribution in [2.45, 2.75) is 6.42 Å². The molecule has 0 unspecified atom stereocenters. The van der Waals surface area contributed by atoms with E-state index in [2.05, 4.69) is 0 Å². The first-order valence-corrected chi connectivity index (χ1v) is 5.52. The standard InChI is InChI=1S/C14H10O4/c15-14(16)7-9-1-3-10(4-2-9)12-6-5-11-8-13(12)18-17-11/h1-6,8H,7H2,(H,15,16). The van der Waals surface area contributed by atoms with Crippen molar-refractivity contribution in [3.63, 3.8) is 0 Å². The highest BCUT2D eigenvalue weighted by atomic mass is 17.2. The quantitative estimate of drug-likeness (QED) is 0.841. The molecule has 0 saturated heterocycles. The Morgan fingerprint density at radius 3 is 2.56 bits per heavy atom. The first-order chi connectivity index (χ1) is 8.72. The monoisotopic (exact) mass is 242 g/mol. The molecule has 0 aliphatic carbocycles. The van der Waals surface area contributed by atoms with Gasteiger partial charge in [0.25, 0.3) is 0 Å². The van der Waals surface area contributed by atoms with Gasteiger partial charge >= 0.3 is 5.97 Å². The number of rotatable bonds is 3. The van der Waals surface area contributed by atoms with E-state index in [4.69, 9.17) is 14.9 Å². The second-order valence-corrected chi connectivity index (χ2v) is 4.09. The van der Waals surface area contributed by atoms with Crippen LogP contribution in [0.25, 0.3) is 11.1 Å². The van der Waals surface area contributed by atoms with E-state index in [9.17, 15) is 4.79 Å². The second-order valence-electron chi connectivity index (χ2n) is 4.09. The Morgan fingerprint density at radius 2 is 1.83 bits per heavy atom. The molecule has 2 aromatic rings. The third kappa shape index (κ3) is 1.88. The van der Waals surface area contributed by atoms with Crippen molar-refractivity contribution in [2.75, 3.05) is 0 Å². The lowest BCUT2D eigenvalue weighted by atomic mass is 10.0. The van der Waals surface area contributed by atoms with E-state index in [0.29, 0.717) is 11.5 Å². The lowest BCUT2D eigenvalue weighted by molar-refractivity contribution is -0.136. The van der Waals surface area contributed by atoms with Gasteiger partial charge in [-0.05, 0) is 23.3 Å². The zero-order chi connectivity index (χ0) is 12.5. The number of benzene rings is 2. The zero-order valence-electron chi connectivity index (χ0n) is 9.42. The SMILES string of the molecule is O=C(O)Cc1ccc(-c2ccc3cc2OO3)cc1. The fourth-order valence-electron chi connectivity index (χ4n) is 1.93. The van der Waals surface area contributed by atoms with Crippen LogP contribution >= 0.6 is 0 Å². The highest BCUT2D eigenvalue weighted by Gasteiger charge is 2.16. The average Bonchev–Trinajstić information content (AvgIpc) is 2.72. The van der Waals surface area contributed by atoms with Gasteiger partial charge in [0.2, 0.25) is 0 Å². The van der Waals surface area contributed by atoms with Gasteiger partial charge in [-0.2, -0.15) is 0 Å². The summed E-state index contributed by atoms with van der Waals surface area (Å²) in [6.45, 7) is 0. The minimum Gasteiger partial charge on any atom is -0.481 e. The van der Waals surface area contributed by atoms with Gasteiger partial charge in [-0.1, -0.05) is 24.3 Å². The predicted octanol–water partition coefficient (Wildman–Crippen LogP) is 2.67. The van der Waals surface area contributed by atoms with Gasteiger partial charge in [0.05, 0.1) is 6.42 Å². The van der Waals surface area contributed by atoms with Crippen LogP contribution in [0, 0.1) is 0 Å². The fourth-order valence-corrected chi connectivity index (χ4v) is 1.93. The van der Waals surface area contributed by atoms with Crippen LogP contribution in [0.2, 0.25) is 0 Å². The number of fused-ring (bicyclic) bond motifs is 2. The van der Waals surface area contributed by atoms with Gasteiger partial charge in [0.15, 0.2) is 11.5 Å².